The molecule has 3 aromatic rings. The number of hydrogen-bond acceptors (Lipinski definition) is 1. The Morgan fingerprint density at radius 1 is 0.964 bits per heavy atom. The number of hydrogen-bond donors (Lipinski definition) is 0. The monoisotopic (exact) mass is 367 g/mol. The highest BCUT2D eigenvalue weighted by atomic mass is 14.7. The van der Waals surface area contributed by atoms with Crippen molar-refractivity contribution >= 4 is 6.08 Å². The molecule has 0 fully saturated rings. The highest BCUT2D eigenvalue weighted by molar-refractivity contribution is 5.85. The molecular formula is C27H29N. The van der Waals surface area contributed by atoms with Gasteiger partial charge in [0.15, 0.2) is 0 Å². The molecule has 2 aromatic carbocycles. The van der Waals surface area contributed by atoms with Gasteiger partial charge in [-0.25, -0.2) is 0 Å². The molecule has 1 nitrogen and oxygen atoms in total. The van der Waals surface area contributed by atoms with Gasteiger partial charge < -0.3 is 0 Å². The molecule has 1 aromatic heterocycles. The fourth-order valence-corrected chi connectivity index (χ4v) is 4.58. The lowest BCUT2D eigenvalue weighted by molar-refractivity contribution is 0.587. The maximum atomic E-state index is 4.77. The number of rotatable bonds is 2. The Bertz CT molecular complexity index is 1080. The van der Waals surface area contributed by atoms with E-state index in [2.05, 4.69) is 90.6 Å². The van der Waals surface area contributed by atoms with E-state index in [9.17, 15) is 0 Å². The summed E-state index contributed by atoms with van der Waals surface area (Å²) in [4.78, 5) is 4.77. The number of aromatic nitrogens is 1. The third-order valence-electron chi connectivity index (χ3n) is 6.26. The first kappa shape index (κ1) is 18.7. The molecule has 1 aliphatic carbocycles. The fraction of sp³-hybridized carbons (Fsp3) is 0.296. The van der Waals surface area contributed by atoms with Gasteiger partial charge in [0, 0.05) is 17.2 Å². The van der Waals surface area contributed by atoms with E-state index in [4.69, 9.17) is 4.98 Å². The lowest BCUT2D eigenvalue weighted by Crippen LogP contribution is -2.17. The molecule has 1 heteroatoms. The molecule has 0 saturated carbocycles. The molecular weight excluding hydrogens is 338 g/mol. The molecule has 0 saturated heterocycles. The highest BCUT2D eigenvalue weighted by Crippen LogP contribution is 2.51. The maximum Gasteiger partial charge on any atom is 0.0702 e. The van der Waals surface area contributed by atoms with Crippen LogP contribution in [0.4, 0.5) is 0 Å². The first-order valence-corrected chi connectivity index (χ1v) is 10.0. The normalized spacial score (nSPS) is 14.5. The van der Waals surface area contributed by atoms with Crippen molar-refractivity contribution in [2.75, 3.05) is 0 Å². The lowest BCUT2D eigenvalue weighted by atomic mass is 9.79. The Labute approximate surface area is 169 Å². The van der Waals surface area contributed by atoms with Crippen molar-refractivity contribution in [2.24, 2.45) is 0 Å². The first-order valence-electron chi connectivity index (χ1n) is 10.0. The van der Waals surface area contributed by atoms with Crippen molar-refractivity contribution in [3.63, 3.8) is 0 Å². The van der Waals surface area contributed by atoms with Crippen molar-refractivity contribution < 1.29 is 0 Å². The van der Waals surface area contributed by atoms with Crippen LogP contribution in [0.25, 0.3) is 28.5 Å². The minimum absolute atomic E-state index is 0.0326. The Morgan fingerprint density at radius 2 is 1.68 bits per heavy atom. The molecule has 1 heterocycles. The number of pyridine rings is 1. The van der Waals surface area contributed by atoms with Gasteiger partial charge in [0.1, 0.15) is 0 Å². The summed E-state index contributed by atoms with van der Waals surface area (Å²) in [7, 11) is 0. The predicted octanol–water partition coefficient (Wildman–Crippen LogP) is 7.30. The quantitative estimate of drug-likeness (QED) is 0.463. The third kappa shape index (κ3) is 2.73. The average Bonchev–Trinajstić information content (AvgIpc) is 2.89. The second-order valence-corrected chi connectivity index (χ2v) is 9.47. The molecule has 28 heavy (non-hydrogen) atoms. The summed E-state index contributed by atoms with van der Waals surface area (Å²) in [5.41, 5.74) is 11.6. The zero-order valence-electron chi connectivity index (χ0n) is 17.9. The predicted molar refractivity (Wildman–Crippen MR) is 121 cm³/mol. The van der Waals surface area contributed by atoms with E-state index in [1.165, 1.54) is 44.5 Å². The van der Waals surface area contributed by atoms with Crippen LogP contribution < -0.4 is 0 Å². The van der Waals surface area contributed by atoms with Crippen LogP contribution in [0.5, 0.6) is 0 Å². The van der Waals surface area contributed by atoms with Gasteiger partial charge in [0.2, 0.25) is 0 Å². The third-order valence-corrected chi connectivity index (χ3v) is 6.26. The van der Waals surface area contributed by atoms with Crippen LogP contribution >= 0.6 is 0 Å². The van der Waals surface area contributed by atoms with Crippen LogP contribution in [-0.4, -0.2) is 4.98 Å². The first-order chi connectivity index (χ1) is 13.1. The fourth-order valence-electron chi connectivity index (χ4n) is 4.58. The second-order valence-electron chi connectivity index (χ2n) is 9.47. The van der Waals surface area contributed by atoms with Crippen molar-refractivity contribution in [2.45, 2.75) is 52.4 Å². The molecule has 0 unspecified atom stereocenters. The Morgan fingerprint density at radius 3 is 2.29 bits per heavy atom. The smallest absolute Gasteiger partial charge is 0.0702 e. The molecule has 0 spiro atoms. The minimum Gasteiger partial charge on any atom is -0.256 e. The molecule has 0 N–H and O–H groups in total. The van der Waals surface area contributed by atoms with Gasteiger partial charge in [-0.1, -0.05) is 77.6 Å². The van der Waals surface area contributed by atoms with Crippen LogP contribution in [0.15, 0.2) is 55.2 Å². The Kier molecular flexibility index (Phi) is 4.12. The van der Waals surface area contributed by atoms with E-state index in [0.29, 0.717) is 0 Å². The van der Waals surface area contributed by atoms with Crippen molar-refractivity contribution in [3.8, 4) is 22.4 Å². The minimum atomic E-state index is -0.0326. The molecule has 0 aliphatic heterocycles. The summed E-state index contributed by atoms with van der Waals surface area (Å²) in [5.74, 6) is 0. The van der Waals surface area contributed by atoms with E-state index in [-0.39, 0.29) is 10.8 Å². The number of benzene rings is 2. The van der Waals surface area contributed by atoms with Crippen molar-refractivity contribution in [3.05, 3.63) is 83.1 Å². The molecule has 142 valence electrons. The van der Waals surface area contributed by atoms with Gasteiger partial charge in [0.25, 0.3) is 0 Å². The average molecular weight is 368 g/mol. The van der Waals surface area contributed by atoms with E-state index < -0.39 is 0 Å². The SMILES string of the molecule is C=Cc1ccc2c(c1C)C(C)(C)c1cc(-c3ccc(C(C)(C)C)cn3)ccc1-2. The van der Waals surface area contributed by atoms with Gasteiger partial charge in [-0.2, -0.15) is 0 Å². The summed E-state index contributed by atoms with van der Waals surface area (Å²) >= 11 is 0. The molecule has 0 atom stereocenters. The van der Waals surface area contributed by atoms with Gasteiger partial charge in [-0.3, -0.25) is 4.98 Å². The van der Waals surface area contributed by atoms with Crippen LogP contribution in [0, 0.1) is 6.92 Å². The summed E-state index contributed by atoms with van der Waals surface area (Å²) in [6.07, 6.45) is 3.98. The zero-order valence-corrected chi connectivity index (χ0v) is 17.9. The molecule has 0 bridgehead atoms. The number of fused-ring (bicyclic) bond motifs is 3. The summed E-state index contributed by atoms with van der Waals surface area (Å²) in [5, 5.41) is 0. The lowest BCUT2D eigenvalue weighted by Gasteiger charge is -2.24. The Balaban J connectivity index is 1.83. The van der Waals surface area contributed by atoms with E-state index >= 15 is 0 Å². The zero-order chi connectivity index (χ0) is 20.3. The van der Waals surface area contributed by atoms with Gasteiger partial charge in [-0.15, -0.1) is 0 Å². The van der Waals surface area contributed by atoms with E-state index in [0.717, 1.165) is 5.69 Å². The number of nitrogens with zero attached hydrogens (tertiary/aromatic N) is 1. The van der Waals surface area contributed by atoms with Gasteiger partial charge in [0.05, 0.1) is 5.69 Å². The second kappa shape index (κ2) is 6.17. The molecule has 0 amide bonds. The van der Waals surface area contributed by atoms with Gasteiger partial charge >= 0.3 is 0 Å². The largest absolute Gasteiger partial charge is 0.256 e. The summed E-state index contributed by atoms with van der Waals surface area (Å²) in [6, 6.07) is 15.6. The van der Waals surface area contributed by atoms with E-state index in [1.54, 1.807) is 0 Å². The maximum absolute atomic E-state index is 4.77. The Hall–Kier alpha value is -2.67. The van der Waals surface area contributed by atoms with Crippen LogP contribution in [-0.2, 0) is 10.8 Å². The van der Waals surface area contributed by atoms with Crippen molar-refractivity contribution in [1.29, 1.82) is 0 Å². The summed E-state index contributed by atoms with van der Waals surface area (Å²) < 4.78 is 0. The van der Waals surface area contributed by atoms with Gasteiger partial charge in [-0.05, 0) is 63.4 Å². The molecule has 4 rings (SSSR count). The van der Waals surface area contributed by atoms with Crippen molar-refractivity contribution in [1.82, 2.24) is 4.98 Å². The molecule has 1 aliphatic rings. The van der Waals surface area contributed by atoms with Crippen LogP contribution in [0.1, 0.15) is 62.4 Å². The van der Waals surface area contributed by atoms with E-state index in [1.807, 2.05) is 12.3 Å². The highest BCUT2D eigenvalue weighted by Gasteiger charge is 2.37. The van der Waals surface area contributed by atoms with Crippen LogP contribution in [0.2, 0.25) is 0 Å². The molecule has 0 radical (unpaired) electrons. The topological polar surface area (TPSA) is 12.9 Å². The summed E-state index contributed by atoms with van der Waals surface area (Å²) in [6.45, 7) is 17.5. The standard InChI is InChI=1S/C27H29N/c1-8-18-9-13-22-21-12-10-19(15-23(21)27(6,7)25(22)17(18)2)24-14-11-20(16-28-24)26(3,4)5/h8-16H,1H2,2-7H3. The van der Waals surface area contributed by atoms with Crippen LogP contribution in [0.3, 0.4) is 0 Å².